The van der Waals surface area contributed by atoms with E-state index in [9.17, 15) is 0 Å². The van der Waals surface area contributed by atoms with Crippen molar-refractivity contribution in [3.8, 4) is 5.75 Å². The Labute approximate surface area is 126 Å². The maximum Gasteiger partial charge on any atom is 0.170 e. The van der Waals surface area contributed by atoms with Crippen LogP contribution in [0.3, 0.4) is 0 Å². The predicted molar refractivity (Wildman–Crippen MR) is 80.2 cm³/mol. The second kappa shape index (κ2) is 6.32. The van der Waals surface area contributed by atoms with E-state index in [2.05, 4.69) is 17.0 Å². The highest BCUT2D eigenvalue weighted by Gasteiger charge is 2.41. The van der Waals surface area contributed by atoms with E-state index in [0.29, 0.717) is 6.54 Å². The smallest absolute Gasteiger partial charge is 0.170 e. The van der Waals surface area contributed by atoms with Crippen LogP contribution in [0.5, 0.6) is 5.75 Å². The Morgan fingerprint density at radius 3 is 2.62 bits per heavy atom. The number of ether oxygens (including phenoxy) is 3. The quantitative estimate of drug-likeness (QED) is 0.912. The van der Waals surface area contributed by atoms with Gasteiger partial charge in [-0.25, -0.2) is 0 Å². The molecule has 1 unspecified atom stereocenters. The highest BCUT2D eigenvalue weighted by molar-refractivity contribution is 5.30. The van der Waals surface area contributed by atoms with E-state index in [-0.39, 0.29) is 11.8 Å². The molecule has 2 aliphatic rings. The van der Waals surface area contributed by atoms with Gasteiger partial charge in [-0.05, 0) is 17.7 Å². The molecule has 0 amide bonds. The van der Waals surface area contributed by atoms with Crippen molar-refractivity contribution in [2.24, 2.45) is 5.73 Å². The van der Waals surface area contributed by atoms with Gasteiger partial charge in [0.05, 0.1) is 20.3 Å². The summed E-state index contributed by atoms with van der Waals surface area (Å²) in [6, 6.07) is 8.39. The Morgan fingerprint density at radius 1 is 1.29 bits per heavy atom. The van der Waals surface area contributed by atoms with Crippen LogP contribution in [0, 0.1) is 0 Å². The van der Waals surface area contributed by atoms with Gasteiger partial charge in [-0.3, -0.25) is 4.90 Å². The van der Waals surface area contributed by atoms with Crippen LogP contribution >= 0.6 is 0 Å². The molecule has 5 nitrogen and oxygen atoms in total. The molecule has 116 valence electrons. The van der Waals surface area contributed by atoms with Crippen molar-refractivity contribution in [2.75, 3.05) is 40.0 Å². The normalized spacial score (nSPS) is 23.3. The zero-order valence-corrected chi connectivity index (χ0v) is 12.6. The summed E-state index contributed by atoms with van der Waals surface area (Å²) in [5.41, 5.74) is 7.24. The summed E-state index contributed by atoms with van der Waals surface area (Å²) >= 11 is 0. The summed E-state index contributed by atoms with van der Waals surface area (Å²) in [7, 11) is 1.69. The molecular weight excluding hydrogens is 268 g/mol. The van der Waals surface area contributed by atoms with Crippen molar-refractivity contribution in [1.29, 1.82) is 0 Å². The fourth-order valence-corrected chi connectivity index (χ4v) is 3.31. The van der Waals surface area contributed by atoms with Crippen molar-refractivity contribution in [3.05, 3.63) is 29.8 Å². The minimum atomic E-state index is -0.329. The van der Waals surface area contributed by atoms with E-state index < -0.39 is 0 Å². The van der Waals surface area contributed by atoms with E-state index in [0.717, 1.165) is 44.9 Å². The lowest BCUT2D eigenvalue weighted by Crippen LogP contribution is -2.47. The van der Waals surface area contributed by atoms with E-state index in [1.165, 1.54) is 5.56 Å². The monoisotopic (exact) mass is 292 g/mol. The van der Waals surface area contributed by atoms with Crippen molar-refractivity contribution in [2.45, 2.75) is 24.7 Å². The van der Waals surface area contributed by atoms with Crippen LogP contribution in [0.25, 0.3) is 0 Å². The summed E-state index contributed by atoms with van der Waals surface area (Å²) in [5, 5.41) is 0. The molecule has 1 aromatic carbocycles. The van der Waals surface area contributed by atoms with Gasteiger partial charge in [0.15, 0.2) is 5.79 Å². The minimum absolute atomic E-state index is 0.221. The van der Waals surface area contributed by atoms with Gasteiger partial charge in [0, 0.05) is 38.5 Å². The first-order chi connectivity index (χ1) is 10.3. The molecule has 2 N–H and O–H groups in total. The number of methoxy groups -OCH3 is 1. The summed E-state index contributed by atoms with van der Waals surface area (Å²) < 4.78 is 16.9. The molecule has 1 aromatic rings. The highest BCUT2D eigenvalue weighted by atomic mass is 16.7. The molecule has 2 saturated heterocycles. The van der Waals surface area contributed by atoms with Gasteiger partial charge in [-0.15, -0.1) is 0 Å². The lowest BCUT2D eigenvalue weighted by molar-refractivity contribution is -0.187. The van der Waals surface area contributed by atoms with Crippen LogP contribution in [0.15, 0.2) is 24.3 Å². The molecule has 0 bridgehead atoms. The maximum absolute atomic E-state index is 6.03. The molecule has 2 aliphatic heterocycles. The second-order valence-corrected chi connectivity index (χ2v) is 5.67. The van der Waals surface area contributed by atoms with Crippen LogP contribution in [-0.4, -0.2) is 50.6 Å². The van der Waals surface area contributed by atoms with Crippen molar-refractivity contribution in [1.82, 2.24) is 4.90 Å². The van der Waals surface area contributed by atoms with Gasteiger partial charge in [0.25, 0.3) is 0 Å². The lowest BCUT2D eigenvalue weighted by Gasteiger charge is -2.41. The summed E-state index contributed by atoms with van der Waals surface area (Å²) in [4.78, 5) is 2.42. The van der Waals surface area contributed by atoms with Crippen molar-refractivity contribution < 1.29 is 14.2 Å². The molecule has 1 atom stereocenters. The van der Waals surface area contributed by atoms with Gasteiger partial charge in [-0.1, -0.05) is 12.1 Å². The van der Waals surface area contributed by atoms with Crippen LogP contribution in [0.4, 0.5) is 0 Å². The molecule has 21 heavy (non-hydrogen) atoms. The molecule has 0 radical (unpaired) electrons. The number of hydrogen-bond acceptors (Lipinski definition) is 5. The molecule has 1 spiro atoms. The van der Waals surface area contributed by atoms with E-state index in [1.54, 1.807) is 7.11 Å². The predicted octanol–water partition coefficient (Wildman–Crippen LogP) is 1.53. The van der Waals surface area contributed by atoms with Crippen LogP contribution < -0.4 is 10.5 Å². The van der Waals surface area contributed by atoms with Gasteiger partial charge >= 0.3 is 0 Å². The first-order valence-electron chi connectivity index (χ1n) is 7.62. The van der Waals surface area contributed by atoms with Gasteiger partial charge in [0.2, 0.25) is 0 Å². The Hall–Kier alpha value is -1.14. The van der Waals surface area contributed by atoms with E-state index in [1.807, 2.05) is 12.1 Å². The molecular formula is C16H24N2O3. The summed E-state index contributed by atoms with van der Waals surface area (Å²) in [5.74, 6) is 0.547. The second-order valence-electron chi connectivity index (χ2n) is 5.67. The average Bonchev–Trinajstić information content (AvgIpc) is 2.99. The van der Waals surface area contributed by atoms with E-state index >= 15 is 0 Å². The zero-order chi connectivity index (χ0) is 14.7. The maximum atomic E-state index is 6.03. The molecule has 0 aromatic heterocycles. The number of nitrogens with zero attached hydrogens (tertiary/aromatic N) is 1. The molecule has 0 saturated carbocycles. The number of likely N-dealkylation sites (tertiary alicyclic amines) is 1. The molecule has 2 fully saturated rings. The first-order valence-corrected chi connectivity index (χ1v) is 7.62. The van der Waals surface area contributed by atoms with Crippen LogP contribution in [-0.2, 0) is 9.47 Å². The Balaban J connectivity index is 1.69. The lowest BCUT2D eigenvalue weighted by atomic mass is 9.98. The third kappa shape index (κ3) is 3.06. The summed E-state index contributed by atoms with van der Waals surface area (Å²) in [6.07, 6.45) is 1.82. The van der Waals surface area contributed by atoms with Crippen LogP contribution in [0.2, 0.25) is 0 Å². The Morgan fingerprint density at radius 2 is 2.00 bits per heavy atom. The Kier molecular flexibility index (Phi) is 4.45. The first kappa shape index (κ1) is 14.8. The highest BCUT2D eigenvalue weighted by Crippen LogP contribution is 2.34. The SMILES string of the molecule is COc1cccc(C(CN)N2CCC3(CC2)OCCO3)c1. The number of nitrogens with two attached hydrogens (primary N) is 1. The standard InChI is InChI=1S/C16H24N2O3/c1-19-14-4-2-3-13(11-14)15(12-17)18-7-5-16(6-8-18)20-9-10-21-16/h2-4,11,15H,5-10,12,17H2,1H3. The Bertz CT molecular complexity index is 464. The van der Waals surface area contributed by atoms with Gasteiger partial charge in [0.1, 0.15) is 5.75 Å². The zero-order valence-electron chi connectivity index (χ0n) is 12.6. The largest absolute Gasteiger partial charge is 0.497 e. The number of rotatable bonds is 4. The number of hydrogen-bond donors (Lipinski definition) is 1. The number of piperidine rings is 1. The van der Waals surface area contributed by atoms with Gasteiger partial charge < -0.3 is 19.9 Å². The van der Waals surface area contributed by atoms with Crippen LogP contribution in [0.1, 0.15) is 24.4 Å². The molecule has 3 rings (SSSR count). The third-order valence-electron chi connectivity index (χ3n) is 4.52. The van der Waals surface area contributed by atoms with Gasteiger partial charge in [-0.2, -0.15) is 0 Å². The molecule has 2 heterocycles. The molecule has 0 aliphatic carbocycles. The fourth-order valence-electron chi connectivity index (χ4n) is 3.31. The van der Waals surface area contributed by atoms with Crippen molar-refractivity contribution in [3.63, 3.8) is 0 Å². The minimum Gasteiger partial charge on any atom is -0.497 e. The third-order valence-corrected chi connectivity index (χ3v) is 4.52. The average molecular weight is 292 g/mol. The van der Waals surface area contributed by atoms with E-state index in [4.69, 9.17) is 19.9 Å². The number of benzene rings is 1. The van der Waals surface area contributed by atoms with Crippen molar-refractivity contribution >= 4 is 0 Å². The topological polar surface area (TPSA) is 57.0 Å². The summed E-state index contributed by atoms with van der Waals surface area (Å²) in [6.45, 7) is 3.92. The fraction of sp³-hybridized carbons (Fsp3) is 0.625. The molecule has 5 heteroatoms.